The van der Waals surface area contributed by atoms with E-state index in [9.17, 15) is 14.0 Å². The smallest absolute Gasteiger partial charge is 0.250 e. The van der Waals surface area contributed by atoms with Crippen LogP contribution in [0.1, 0.15) is 34.8 Å². The Kier molecular flexibility index (Phi) is 5.16. The van der Waals surface area contributed by atoms with Gasteiger partial charge in [-0.05, 0) is 37.1 Å². The molecule has 2 aromatic carbocycles. The van der Waals surface area contributed by atoms with Gasteiger partial charge in [-0.3, -0.25) is 9.59 Å². The second-order valence-electron chi connectivity index (χ2n) is 7.13. The Morgan fingerprint density at radius 3 is 2.72 bits per heavy atom. The molecule has 0 aliphatic carbocycles. The van der Waals surface area contributed by atoms with Crippen molar-refractivity contribution in [2.24, 2.45) is 5.73 Å². The van der Waals surface area contributed by atoms with Crippen LogP contribution in [0.15, 0.2) is 47.0 Å². The highest BCUT2D eigenvalue weighted by Crippen LogP contribution is 2.32. The number of nitrogens with one attached hydrogen (secondary N) is 1. The van der Waals surface area contributed by atoms with Gasteiger partial charge in [-0.25, -0.2) is 4.39 Å². The van der Waals surface area contributed by atoms with Crippen molar-refractivity contribution in [3.63, 3.8) is 0 Å². The van der Waals surface area contributed by atoms with Crippen molar-refractivity contribution in [2.75, 3.05) is 25.0 Å². The summed E-state index contributed by atoms with van der Waals surface area (Å²) in [6.07, 6.45) is 1.51. The third-order valence-corrected chi connectivity index (χ3v) is 5.32. The number of para-hydroxylation sites is 1. The predicted molar refractivity (Wildman–Crippen MR) is 106 cm³/mol. The van der Waals surface area contributed by atoms with E-state index in [0.29, 0.717) is 29.9 Å². The van der Waals surface area contributed by atoms with Crippen LogP contribution >= 0.6 is 0 Å². The van der Waals surface area contributed by atoms with Gasteiger partial charge in [0.2, 0.25) is 5.91 Å². The number of hydrogen-bond acceptors (Lipinski definition) is 5. The molecule has 0 saturated carbocycles. The molecule has 7 nitrogen and oxygen atoms in total. The number of piperidine rings is 1. The van der Waals surface area contributed by atoms with Gasteiger partial charge in [0.05, 0.1) is 17.8 Å². The lowest BCUT2D eigenvalue weighted by atomic mass is 9.91. The number of amides is 2. The highest BCUT2D eigenvalue weighted by molar-refractivity contribution is 5.99. The SMILES string of the molecule is NC(=O)c1ccccc1NCC(=O)N1CCC(c2noc3cc(F)ccc23)CC1. The summed E-state index contributed by atoms with van der Waals surface area (Å²) in [4.78, 5) is 25.8. The molecule has 2 amide bonds. The summed E-state index contributed by atoms with van der Waals surface area (Å²) < 4.78 is 18.6. The third kappa shape index (κ3) is 3.91. The molecule has 4 rings (SSSR count). The van der Waals surface area contributed by atoms with Crippen molar-refractivity contribution >= 4 is 28.5 Å². The summed E-state index contributed by atoms with van der Waals surface area (Å²) >= 11 is 0. The first kappa shape index (κ1) is 18.9. The van der Waals surface area contributed by atoms with E-state index < -0.39 is 5.91 Å². The number of likely N-dealkylation sites (tertiary alicyclic amines) is 1. The molecule has 0 bridgehead atoms. The number of hydrogen-bond donors (Lipinski definition) is 2. The van der Waals surface area contributed by atoms with Gasteiger partial charge >= 0.3 is 0 Å². The largest absolute Gasteiger partial charge is 0.376 e. The Labute approximate surface area is 166 Å². The molecular weight excluding hydrogens is 375 g/mol. The summed E-state index contributed by atoms with van der Waals surface area (Å²) in [6.45, 7) is 1.28. The lowest BCUT2D eigenvalue weighted by Gasteiger charge is -2.31. The fourth-order valence-corrected chi connectivity index (χ4v) is 3.76. The molecule has 0 spiro atoms. The van der Waals surface area contributed by atoms with Crippen LogP contribution in [-0.4, -0.2) is 41.5 Å². The lowest BCUT2D eigenvalue weighted by molar-refractivity contribution is -0.130. The summed E-state index contributed by atoms with van der Waals surface area (Å²) in [6, 6.07) is 11.3. The van der Waals surface area contributed by atoms with Gasteiger partial charge in [-0.1, -0.05) is 17.3 Å². The molecule has 0 atom stereocenters. The van der Waals surface area contributed by atoms with Gasteiger partial charge in [0.15, 0.2) is 5.58 Å². The Morgan fingerprint density at radius 1 is 1.21 bits per heavy atom. The Hall–Kier alpha value is -3.42. The summed E-state index contributed by atoms with van der Waals surface area (Å²) in [5.74, 6) is -0.781. The number of benzene rings is 2. The van der Waals surface area contributed by atoms with Gasteiger partial charge in [-0.15, -0.1) is 0 Å². The number of halogens is 1. The van der Waals surface area contributed by atoms with E-state index in [1.54, 1.807) is 35.2 Å². The van der Waals surface area contributed by atoms with E-state index in [0.717, 1.165) is 23.9 Å². The maximum atomic E-state index is 13.3. The minimum absolute atomic E-state index is 0.0465. The normalized spacial score (nSPS) is 14.9. The van der Waals surface area contributed by atoms with E-state index in [-0.39, 0.29) is 24.2 Å². The van der Waals surface area contributed by atoms with Gasteiger partial charge in [0.1, 0.15) is 5.82 Å². The number of nitrogens with zero attached hydrogens (tertiary/aromatic N) is 2. The fourth-order valence-electron chi connectivity index (χ4n) is 3.76. The highest BCUT2D eigenvalue weighted by Gasteiger charge is 2.27. The van der Waals surface area contributed by atoms with E-state index >= 15 is 0 Å². The molecule has 1 aliphatic rings. The maximum absolute atomic E-state index is 13.3. The Balaban J connectivity index is 1.36. The Bertz CT molecular complexity index is 1060. The van der Waals surface area contributed by atoms with E-state index in [4.69, 9.17) is 10.3 Å². The molecule has 0 radical (unpaired) electrons. The van der Waals surface area contributed by atoms with E-state index in [1.807, 2.05) is 0 Å². The molecule has 1 saturated heterocycles. The molecule has 29 heavy (non-hydrogen) atoms. The van der Waals surface area contributed by atoms with Gasteiger partial charge in [0.25, 0.3) is 5.91 Å². The minimum atomic E-state index is -0.541. The van der Waals surface area contributed by atoms with Crippen molar-refractivity contribution in [1.82, 2.24) is 10.1 Å². The Morgan fingerprint density at radius 2 is 1.97 bits per heavy atom. The molecule has 1 aliphatic heterocycles. The van der Waals surface area contributed by atoms with Crippen molar-refractivity contribution in [3.8, 4) is 0 Å². The van der Waals surface area contributed by atoms with Crippen molar-refractivity contribution < 1.29 is 18.5 Å². The fraction of sp³-hybridized carbons (Fsp3) is 0.286. The number of rotatable bonds is 5. The number of primary amides is 1. The third-order valence-electron chi connectivity index (χ3n) is 5.32. The zero-order valence-electron chi connectivity index (χ0n) is 15.7. The van der Waals surface area contributed by atoms with Crippen LogP contribution in [0, 0.1) is 5.82 Å². The molecule has 150 valence electrons. The average molecular weight is 396 g/mol. The van der Waals surface area contributed by atoms with Crippen LogP contribution in [0.2, 0.25) is 0 Å². The number of anilines is 1. The topological polar surface area (TPSA) is 101 Å². The standard InChI is InChI=1S/C21H21FN4O3/c22-14-5-6-16-18(11-14)29-25-20(16)13-7-9-26(10-8-13)19(27)12-24-17-4-2-1-3-15(17)21(23)28/h1-6,11,13,24H,7-10,12H2,(H2,23,28). The molecule has 3 aromatic rings. The van der Waals surface area contributed by atoms with Crippen LogP contribution in [0.5, 0.6) is 0 Å². The van der Waals surface area contributed by atoms with Gasteiger partial charge in [-0.2, -0.15) is 0 Å². The summed E-state index contributed by atoms with van der Waals surface area (Å²) in [5, 5.41) is 7.96. The zero-order valence-corrected chi connectivity index (χ0v) is 15.7. The van der Waals surface area contributed by atoms with Crippen LogP contribution in [0.3, 0.4) is 0 Å². The van der Waals surface area contributed by atoms with E-state index in [1.165, 1.54) is 12.1 Å². The molecule has 2 heterocycles. The average Bonchev–Trinajstić information content (AvgIpc) is 3.15. The molecule has 0 unspecified atom stereocenters. The number of aromatic nitrogens is 1. The minimum Gasteiger partial charge on any atom is -0.376 e. The molecule has 3 N–H and O–H groups in total. The quantitative estimate of drug-likeness (QED) is 0.691. The van der Waals surface area contributed by atoms with Crippen molar-refractivity contribution in [3.05, 3.63) is 59.5 Å². The monoisotopic (exact) mass is 396 g/mol. The number of carbonyl (C=O) groups is 2. The number of fused-ring (bicyclic) bond motifs is 1. The highest BCUT2D eigenvalue weighted by atomic mass is 19.1. The predicted octanol–water partition coefficient (Wildman–Crippen LogP) is 2.88. The van der Waals surface area contributed by atoms with Crippen LogP contribution in [0.4, 0.5) is 10.1 Å². The van der Waals surface area contributed by atoms with E-state index in [2.05, 4.69) is 10.5 Å². The van der Waals surface area contributed by atoms with Crippen LogP contribution in [0.25, 0.3) is 11.0 Å². The second-order valence-corrected chi connectivity index (χ2v) is 7.13. The van der Waals surface area contributed by atoms with Crippen molar-refractivity contribution in [2.45, 2.75) is 18.8 Å². The molecule has 8 heteroatoms. The first-order chi connectivity index (χ1) is 14.0. The van der Waals surface area contributed by atoms with Gasteiger partial charge < -0.3 is 20.5 Å². The van der Waals surface area contributed by atoms with Crippen LogP contribution < -0.4 is 11.1 Å². The van der Waals surface area contributed by atoms with Crippen LogP contribution in [-0.2, 0) is 4.79 Å². The molecule has 1 fully saturated rings. The molecule has 1 aromatic heterocycles. The first-order valence-corrected chi connectivity index (χ1v) is 9.48. The lowest BCUT2D eigenvalue weighted by Crippen LogP contribution is -2.41. The maximum Gasteiger partial charge on any atom is 0.250 e. The first-order valence-electron chi connectivity index (χ1n) is 9.48. The number of carbonyl (C=O) groups excluding carboxylic acids is 2. The van der Waals surface area contributed by atoms with Crippen molar-refractivity contribution in [1.29, 1.82) is 0 Å². The molecular formula is C21H21FN4O3. The summed E-state index contributed by atoms with van der Waals surface area (Å²) in [7, 11) is 0. The zero-order chi connectivity index (χ0) is 20.4. The van der Waals surface area contributed by atoms with Gasteiger partial charge in [0, 0.05) is 36.1 Å². The second kappa shape index (κ2) is 7.90. The number of nitrogens with two attached hydrogens (primary N) is 1. The summed E-state index contributed by atoms with van der Waals surface area (Å²) in [5.41, 5.74) is 7.53.